The number of aromatic nitrogens is 1. The number of carbonyl (C=O) groups excluding carboxylic acids is 2. The van der Waals surface area contributed by atoms with Gasteiger partial charge >= 0.3 is 12.1 Å². The van der Waals surface area contributed by atoms with Crippen LogP contribution in [0.5, 0.6) is 0 Å². The van der Waals surface area contributed by atoms with Gasteiger partial charge in [-0.15, -0.1) is 0 Å². The van der Waals surface area contributed by atoms with Gasteiger partial charge in [-0.25, -0.2) is 9.59 Å². The van der Waals surface area contributed by atoms with Crippen molar-refractivity contribution in [2.75, 3.05) is 11.9 Å². The first-order valence-corrected chi connectivity index (χ1v) is 8.57. The highest BCUT2D eigenvalue weighted by Gasteiger charge is 2.49. The van der Waals surface area contributed by atoms with Crippen LogP contribution in [0.1, 0.15) is 47.3 Å². The molecule has 146 valence electrons. The van der Waals surface area contributed by atoms with Gasteiger partial charge in [0.25, 0.3) is 0 Å². The van der Waals surface area contributed by atoms with Crippen LogP contribution in [0.4, 0.5) is 15.4 Å². The molecule has 0 spiro atoms. The Morgan fingerprint density at radius 3 is 2.58 bits per heavy atom. The summed E-state index contributed by atoms with van der Waals surface area (Å²) in [4.78, 5) is 26.2. The topological polar surface area (TPSA) is 106 Å². The largest absolute Gasteiger partial charge is 0.444 e. The zero-order valence-corrected chi connectivity index (χ0v) is 16.4. The first kappa shape index (κ1) is 20.0. The fourth-order valence-electron chi connectivity index (χ4n) is 2.91. The van der Waals surface area contributed by atoms with Crippen molar-refractivity contribution >= 4 is 17.9 Å². The SMILES string of the molecule is Cc1cc(NC(=O)NC[C@@H]2[C@@H](C)OC(C)(C)N2C(=O)OC(C)(C)C)no1. The summed E-state index contributed by atoms with van der Waals surface area (Å²) in [5, 5.41) is 9.01. The van der Waals surface area contributed by atoms with Crippen molar-refractivity contribution in [3.63, 3.8) is 0 Å². The maximum atomic E-state index is 12.6. The molecule has 2 heterocycles. The van der Waals surface area contributed by atoms with E-state index in [1.807, 2.05) is 6.92 Å². The highest BCUT2D eigenvalue weighted by atomic mass is 16.6. The molecule has 1 aromatic heterocycles. The van der Waals surface area contributed by atoms with Crippen molar-refractivity contribution in [3.05, 3.63) is 11.8 Å². The normalized spacial score (nSPS) is 22.2. The van der Waals surface area contributed by atoms with Crippen LogP contribution in [0, 0.1) is 6.92 Å². The summed E-state index contributed by atoms with van der Waals surface area (Å²) in [5.41, 5.74) is -1.47. The van der Waals surface area contributed by atoms with Crippen molar-refractivity contribution in [3.8, 4) is 0 Å². The molecule has 1 saturated heterocycles. The third-order valence-electron chi connectivity index (χ3n) is 3.86. The Bertz CT molecular complexity index is 664. The van der Waals surface area contributed by atoms with E-state index >= 15 is 0 Å². The van der Waals surface area contributed by atoms with Crippen LogP contribution in [-0.2, 0) is 9.47 Å². The molecular weight excluding hydrogens is 340 g/mol. The number of hydrogen-bond donors (Lipinski definition) is 2. The summed E-state index contributed by atoms with van der Waals surface area (Å²) in [7, 11) is 0. The van der Waals surface area contributed by atoms with Gasteiger partial charge in [-0.05, 0) is 48.5 Å². The number of anilines is 1. The number of nitrogens with zero attached hydrogens (tertiary/aromatic N) is 2. The molecule has 2 N–H and O–H groups in total. The third kappa shape index (κ3) is 4.87. The van der Waals surface area contributed by atoms with E-state index in [0.29, 0.717) is 11.6 Å². The maximum absolute atomic E-state index is 12.6. The molecule has 1 aliphatic rings. The minimum atomic E-state index is -0.839. The molecule has 0 unspecified atom stereocenters. The Morgan fingerprint density at radius 1 is 1.38 bits per heavy atom. The fraction of sp³-hybridized carbons (Fsp3) is 0.706. The molecule has 9 nitrogen and oxygen atoms in total. The number of carbonyl (C=O) groups is 2. The minimum absolute atomic E-state index is 0.201. The number of amides is 3. The van der Waals surface area contributed by atoms with E-state index in [9.17, 15) is 9.59 Å². The third-order valence-corrected chi connectivity index (χ3v) is 3.86. The number of aryl methyl sites for hydroxylation is 1. The number of nitrogens with one attached hydrogen (secondary N) is 2. The Labute approximate surface area is 153 Å². The van der Waals surface area contributed by atoms with E-state index in [4.69, 9.17) is 14.0 Å². The molecule has 26 heavy (non-hydrogen) atoms. The van der Waals surface area contributed by atoms with Gasteiger partial charge in [-0.3, -0.25) is 10.2 Å². The van der Waals surface area contributed by atoms with Crippen LogP contribution < -0.4 is 10.6 Å². The minimum Gasteiger partial charge on any atom is -0.444 e. The van der Waals surface area contributed by atoms with Gasteiger partial charge in [0, 0.05) is 12.6 Å². The summed E-state index contributed by atoms with van der Waals surface area (Å²) in [6.45, 7) is 12.8. The molecule has 3 amide bonds. The average Bonchev–Trinajstić information content (AvgIpc) is 2.94. The smallest absolute Gasteiger partial charge is 0.412 e. The predicted octanol–water partition coefficient (Wildman–Crippen LogP) is 2.87. The van der Waals surface area contributed by atoms with Crippen LogP contribution in [0.3, 0.4) is 0 Å². The van der Waals surface area contributed by atoms with Gasteiger partial charge in [0.2, 0.25) is 0 Å². The number of rotatable bonds is 3. The van der Waals surface area contributed by atoms with Gasteiger partial charge < -0.3 is 19.3 Å². The number of ether oxygens (including phenoxy) is 2. The van der Waals surface area contributed by atoms with Gasteiger partial charge in [-0.1, -0.05) is 5.16 Å². The van der Waals surface area contributed by atoms with E-state index in [1.54, 1.807) is 47.6 Å². The Kier molecular flexibility index (Phi) is 5.50. The fourth-order valence-corrected chi connectivity index (χ4v) is 2.91. The highest BCUT2D eigenvalue weighted by Crippen LogP contribution is 2.33. The molecule has 9 heteroatoms. The van der Waals surface area contributed by atoms with Gasteiger partial charge in [-0.2, -0.15) is 0 Å². The summed E-state index contributed by atoms with van der Waals surface area (Å²) in [5.74, 6) is 0.913. The van der Waals surface area contributed by atoms with E-state index in [1.165, 1.54) is 4.90 Å². The van der Waals surface area contributed by atoms with Gasteiger partial charge in [0.1, 0.15) is 17.1 Å². The second-order valence-corrected chi connectivity index (χ2v) is 7.85. The zero-order chi connectivity index (χ0) is 19.7. The Balaban J connectivity index is 2.02. The van der Waals surface area contributed by atoms with Crippen molar-refractivity contribution < 1.29 is 23.6 Å². The van der Waals surface area contributed by atoms with Crippen LogP contribution in [0.15, 0.2) is 10.6 Å². The molecular formula is C17H28N4O5. The monoisotopic (exact) mass is 368 g/mol. The molecule has 2 rings (SSSR count). The molecule has 1 aliphatic heterocycles. The Hall–Kier alpha value is -2.29. The first-order chi connectivity index (χ1) is 11.9. The lowest BCUT2D eigenvalue weighted by Crippen LogP contribution is -2.53. The molecule has 1 fully saturated rings. The van der Waals surface area contributed by atoms with Crippen LogP contribution in [0.25, 0.3) is 0 Å². The van der Waals surface area contributed by atoms with Crippen molar-refractivity contribution in [1.29, 1.82) is 0 Å². The van der Waals surface area contributed by atoms with E-state index in [2.05, 4.69) is 15.8 Å². The summed E-state index contributed by atoms with van der Waals surface area (Å²) in [6, 6.07) is 0.792. The number of urea groups is 1. The molecule has 2 atom stereocenters. The summed E-state index contributed by atoms with van der Waals surface area (Å²) < 4.78 is 16.3. The quantitative estimate of drug-likeness (QED) is 0.850. The zero-order valence-electron chi connectivity index (χ0n) is 16.4. The molecule has 0 aromatic carbocycles. The lowest BCUT2D eigenvalue weighted by molar-refractivity contribution is -0.0756. The van der Waals surface area contributed by atoms with Crippen molar-refractivity contribution in [1.82, 2.24) is 15.4 Å². The molecule has 0 saturated carbocycles. The molecule has 0 radical (unpaired) electrons. The van der Waals surface area contributed by atoms with E-state index in [0.717, 1.165) is 0 Å². The molecule has 0 aliphatic carbocycles. The number of hydrogen-bond acceptors (Lipinski definition) is 6. The van der Waals surface area contributed by atoms with Crippen LogP contribution >= 0.6 is 0 Å². The second-order valence-electron chi connectivity index (χ2n) is 7.85. The average molecular weight is 368 g/mol. The lowest BCUT2D eigenvalue weighted by atomic mass is 10.1. The Morgan fingerprint density at radius 2 is 2.04 bits per heavy atom. The molecule has 0 bridgehead atoms. The van der Waals surface area contributed by atoms with E-state index in [-0.39, 0.29) is 18.7 Å². The second kappa shape index (κ2) is 7.14. The van der Waals surface area contributed by atoms with Crippen LogP contribution in [0.2, 0.25) is 0 Å². The standard InChI is InChI=1S/C17H28N4O5/c1-10-8-13(20-26-10)19-14(22)18-9-12-11(2)24-17(6,7)21(12)15(23)25-16(3,4)5/h8,11-12H,9H2,1-7H3,(H2,18,19,20,22)/t11-,12-/m1/s1. The van der Waals surface area contributed by atoms with Gasteiger partial charge in [0.15, 0.2) is 5.82 Å². The van der Waals surface area contributed by atoms with Crippen molar-refractivity contribution in [2.45, 2.75) is 71.9 Å². The van der Waals surface area contributed by atoms with E-state index < -0.39 is 23.5 Å². The predicted molar refractivity (Wildman–Crippen MR) is 94.7 cm³/mol. The van der Waals surface area contributed by atoms with Gasteiger partial charge in [0.05, 0.1) is 12.1 Å². The summed E-state index contributed by atoms with van der Waals surface area (Å²) >= 11 is 0. The maximum Gasteiger partial charge on any atom is 0.412 e. The van der Waals surface area contributed by atoms with Crippen molar-refractivity contribution in [2.24, 2.45) is 0 Å². The van der Waals surface area contributed by atoms with Crippen LogP contribution in [-0.4, -0.2) is 52.2 Å². The molecule has 1 aromatic rings. The highest BCUT2D eigenvalue weighted by molar-refractivity contribution is 5.88. The summed E-state index contributed by atoms with van der Waals surface area (Å²) in [6.07, 6.45) is -0.752. The lowest BCUT2D eigenvalue weighted by Gasteiger charge is -2.35. The first-order valence-electron chi connectivity index (χ1n) is 8.57.